The number of pyridine rings is 1. The van der Waals surface area contributed by atoms with Gasteiger partial charge in [-0.15, -0.1) is 0 Å². The highest BCUT2D eigenvalue weighted by atomic mass is 15.2. The molecule has 18 heavy (non-hydrogen) atoms. The van der Waals surface area contributed by atoms with Crippen molar-refractivity contribution in [3.05, 3.63) is 29.6 Å². The predicted molar refractivity (Wildman–Crippen MR) is 73.5 cm³/mol. The normalized spacial score (nSPS) is 25.0. The highest BCUT2D eigenvalue weighted by molar-refractivity contribution is 5.94. The van der Waals surface area contributed by atoms with Crippen molar-refractivity contribution < 1.29 is 0 Å². The fourth-order valence-corrected chi connectivity index (χ4v) is 2.72. The van der Waals surface area contributed by atoms with Gasteiger partial charge in [-0.05, 0) is 43.9 Å². The van der Waals surface area contributed by atoms with Crippen molar-refractivity contribution in [3.63, 3.8) is 0 Å². The van der Waals surface area contributed by atoms with E-state index < -0.39 is 0 Å². The van der Waals surface area contributed by atoms with Gasteiger partial charge in [-0.1, -0.05) is 13.0 Å². The minimum absolute atomic E-state index is 0.0589. The number of amidine groups is 1. The van der Waals surface area contributed by atoms with Crippen LogP contribution in [0.5, 0.6) is 0 Å². The number of rotatable bonds is 3. The summed E-state index contributed by atoms with van der Waals surface area (Å²) in [6.07, 6.45) is 4.19. The van der Waals surface area contributed by atoms with E-state index in [1.54, 1.807) is 6.20 Å². The Bertz CT molecular complexity index is 430. The standard InChI is InChI=1S/C14H22N4/c1-10-5-7-18(11(2)8-10)9-12-4-3-6-17-13(12)14(15)16/h3-4,6,10-11H,5,7-9H2,1-2H3,(H3,15,16). The number of nitrogens with one attached hydrogen (secondary N) is 1. The molecule has 1 aliphatic rings. The van der Waals surface area contributed by atoms with Gasteiger partial charge in [-0.2, -0.15) is 0 Å². The van der Waals surface area contributed by atoms with E-state index in [1.165, 1.54) is 12.8 Å². The summed E-state index contributed by atoms with van der Waals surface area (Å²) in [5, 5.41) is 7.57. The van der Waals surface area contributed by atoms with Crippen molar-refractivity contribution >= 4 is 5.84 Å². The first kappa shape index (κ1) is 13.0. The molecule has 2 rings (SSSR count). The van der Waals surface area contributed by atoms with E-state index in [9.17, 15) is 0 Å². The minimum atomic E-state index is 0.0589. The van der Waals surface area contributed by atoms with Crippen molar-refractivity contribution in [2.24, 2.45) is 11.7 Å². The van der Waals surface area contributed by atoms with E-state index >= 15 is 0 Å². The molecule has 1 saturated heterocycles. The maximum absolute atomic E-state index is 7.57. The SMILES string of the molecule is CC1CCN(Cc2cccnc2C(=N)N)C(C)C1. The van der Waals surface area contributed by atoms with Gasteiger partial charge < -0.3 is 5.73 Å². The number of hydrogen-bond acceptors (Lipinski definition) is 3. The summed E-state index contributed by atoms with van der Waals surface area (Å²) in [5.41, 5.74) is 7.27. The van der Waals surface area contributed by atoms with Crippen LogP contribution in [-0.4, -0.2) is 28.3 Å². The lowest BCUT2D eigenvalue weighted by Gasteiger charge is -2.36. The zero-order valence-corrected chi connectivity index (χ0v) is 11.2. The number of hydrogen-bond donors (Lipinski definition) is 2. The lowest BCUT2D eigenvalue weighted by molar-refractivity contribution is 0.122. The highest BCUT2D eigenvalue weighted by Crippen LogP contribution is 2.24. The van der Waals surface area contributed by atoms with Crippen LogP contribution < -0.4 is 5.73 Å². The van der Waals surface area contributed by atoms with Crippen molar-refractivity contribution in [3.8, 4) is 0 Å². The zero-order chi connectivity index (χ0) is 13.1. The Hall–Kier alpha value is -1.42. The van der Waals surface area contributed by atoms with Crippen LogP contribution in [0, 0.1) is 11.3 Å². The Morgan fingerprint density at radius 3 is 3.00 bits per heavy atom. The van der Waals surface area contributed by atoms with Gasteiger partial charge in [0.1, 0.15) is 11.5 Å². The summed E-state index contributed by atoms with van der Waals surface area (Å²) in [4.78, 5) is 6.67. The molecular weight excluding hydrogens is 224 g/mol. The van der Waals surface area contributed by atoms with Gasteiger partial charge in [-0.3, -0.25) is 15.3 Å². The molecular formula is C14H22N4. The predicted octanol–water partition coefficient (Wildman–Crippen LogP) is 1.99. The Balaban J connectivity index is 2.12. The maximum Gasteiger partial charge on any atom is 0.142 e. The average Bonchev–Trinajstić information content (AvgIpc) is 2.33. The molecule has 0 saturated carbocycles. The van der Waals surface area contributed by atoms with Crippen molar-refractivity contribution in [1.29, 1.82) is 5.41 Å². The highest BCUT2D eigenvalue weighted by Gasteiger charge is 2.23. The van der Waals surface area contributed by atoms with Crippen LogP contribution in [0.1, 0.15) is 37.9 Å². The number of aromatic nitrogens is 1. The summed E-state index contributed by atoms with van der Waals surface area (Å²) >= 11 is 0. The van der Waals surface area contributed by atoms with Crippen LogP contribution in [0.3, 0.4) is 0 Å². The second-order valence-corrected chi connectivity index (χ2v) is 5.37. The van der Waals surface area contributed by atoms with E-state index in [2.05, 4.69) is 23.7 Å². The van der Waals surface area contributed by atoms with E-state index in [1.807, 2.05) is 12.1 Å². The molecule has 1 aliphatic heterocycles. The summed E-state index contributed by atoms with van der Waals surface area (Å²) in [6.45, 7) is 6.56. The third-order valence-electron chi connectivity index (χ3n) is 3.80. The summed E-state index contributed by atoms with van der Waals surface area (Å²) < 4.78 is 0. The van der Waals surface area contributed by atoms with Crippen LogP contribution in [0.2, 0.25) is 0 Å². The van der Waals surface area contributed by atoms with Gasteiger partial charge in [0.2, 0.25) is 0 Å². The maximum atomic E-state index is 7.57. The third-order valence-corrected chi connectivity index (χ3v) is 3.80. The largest absolute Gasteiger partial charge is 0.382 e. The van der Waals surface area contributed by atoms with Crippen LogP contribution in [0.4, 0.5) is 0 Å². The third kappa shape index (κ3) is 2.88. The van der Waals surface area contributed by atoms with Crippen LogP contribution >= 0.6 is 0 Å². The molecule has 0 aromatic carbocycles. The topological polar surface area (TPSA) is 66.0 Å². The van der Waals surface area contributed by atoms with Gasteiger partial charge in [0, 0.05) is 18.8 Å². The number of nitrogen functional groups attached to an aromatic ring is 1. The molecule has 0 bridgehead atoms. The summed E-state index contributed by atoms with van der Waals surface area (Å²) in [5.74, 6) is 0.876. The summed E-state index contributed by atoms with van der Waals surface area (Å²) in [7, 11) is 0. The fourth-order valence-electron chi connectivity index (χ4n) is 2.72. The average molecular weight is 246 g/mol. The van der Waals surface area contributed by atoms with Crippen molar-refractivity contribution in [1.82, 2.24) is 9.88 Å². The van der Waals surface area contributed by atoms with Crippen LogP contribution in [-0.2, 0) is 6.54 Å². The van der Waals surface area contributed by atoms with Gasteiger partial charge in [-0.25, -0.2) is 0 Å². The molecule has 2 heterocycles. The zero-order valence-electron chi connectivity index (χ0n) is 11.2. The molecule has 2 unspecified atom stereocenters. The van der Waals surface area contributed by atoms with Crippen molar-refractivity contribution in [2.75, 3.05) is 6.54 Å². The Labute approximate surface area is 109 Å². The number of likely N-dealkylation sites (tertiary alicyclic amines) is 1. The minimum Gasteiger partial charge on any atom is -0.382 e. The molecule has 2 atom stereocenters. The van der Waals surface area contributed by atoms with E-state index in [-0.39, 0.29) is 5.84 Å². The fraction of sp³-hybridized carbons (Fsp3) is 0.571. The molecule has 4 heteroatoms. The molecule has 3 N–H and O–H groups in total. The smallest absolute Gasteiger partial charge is 0.142 e. The monoisotopic (exact) mass is 246 g/mol. The number of piperidine rings is 1. The van der Waals surface area contributed by atoms with Gasteiger partial charge in [0.25, 0.3) is 0 Å². The number of nitrogens with two attached hydrogens (primary N) is 1. The van der Waals surface area contributed by atoms with Gasteiger partial charge in [0.15, 0.2) is 0 Å². The first-order chi connectivity index (χ1) is 8.58. The first-order valence-electron chi connectivity index (χ1n) is 6.60. The van der Waals surface area contributed by atoms with Crippen LogP contribution in [0.25, 0.3) is 0 Å². The molecule has 98 valence electrons. The first-order valence-corrected chi connectivity index (χ1v) is 6.60. The lowest BCUT2D eigenvalue weighted by atomic mass is 9.93. The van der Waals surface area contributed by atoms with E-state index in [0.717, 1.165) is 24.6 Å². The molecule has 1 aromatic heterocycles. The summed E-state index contributed by atoms with van der Waals surface area (Å²) in [6, 6.07) is 4.53. The number of nitrogens with zero attached hydrogens (tertiary/aromatic N) is 2. The molecule has 1 fully saturated rings. The van der Waals surface area contributed by atoms with Crippen molar-refractivity contribution in [2.45, 2.75) is 39.3 Å². The molecule has 4 nitrogen and oxygen atoms in total. The Kier molecular flexibility index (Phi) is 3.97. The quantitative estimate of drug-likeness (QED) is 0.633. The Morgan fingerprint density at radius 1 is 1.56 bits per heavy atom. The molecule has 1 aromatic rings. The molecule has 0 amide bonds. The van der Waals surface area contributed by atoms with Crippen LogP contribution in [0.15, 0.2) is 18.3 Å². The Morgan fingerprint density at radius 2 is 2.33 bits per heavy atom. The lowest BCUT2D eigenvalue weighted by Crippen LogP contribution is -2.40. The molecule has 0 spiro atoms. The second kappa shape index (κ2) is 5.48. The second-order valence-electron chi connectivity index (χ2n) is 5.37. The van der Waals surface area contributed by atoms with Gasteiger partial charge in [0.05, 0.1) is 0 Å². The molecule has 0 aliphatic carbocycles. The molecule has 0 radical (unpaired) electrons. The van der Waals surface area contributed by atoms with Gasteiger partial charge >= 0.3 is 0 Å². The van der Waals surface area contributed by atoms with E-state index in [0.29, 0.717) is 11.7 Å². The van der Waals surface area contributed by atoms with E-state index in [4.69, 9.17) is 11.1 Å².